The van der Waals surface area contributed by atoms with Crippen molar-refractivity contribution in [2.75, 3.05) is 36.1 Å². The van der Waals surface area contributed by atoms with Crippen LogP contribution in [0.4, 0.5) is 11.4 Å². The van der Waals surface area contributed by atoms with Crippen LogP contribution in [-0.2, 0) is 19.1 Å². The molecule has 3 aromatic rings. The number of carbonyl (C=O) groups excluding carboxylic acids is 3. The number of nitrogens with zero attached hydrogens (tertiary/aromatic N) is 3. The molecule has 4 aliphatic rings. The van der Waals surface area contributed by atoms with Crippen LogP contribution in [0, 0.1) is 11.8 Å². The normalized spacial score (nSPS) is 29.4. The van der Waals surface area contributed by atoms with Crippen molar-refractivity contribution in [3.05, 3.63) is 91.0 Å². The molecule has 6 atom stereocenters. The Morgan fingerprint density at radius 2 is 1.52 bits per heavy atom. The third-order valence-electron chi connectivity index (χ3n) is 10.1. The standard InChI is InChI=1S/C37H39N3O6/c1-4-26(23-41)40-32-35(44)39(28-13-12-24-10-6-7-11-25(24)22-28)21-9-19-37(32)31(34(40)43)30-33(42)38(20-8-18-36(30,3)46-37)27-14-16-29(17-15-27)45-5-2/h6-19,22,26,30-32,41H,4-5,20-21,23H2,1-3H3/t26-,30+,31-,32?,36-,37-/m0/s1. The molecular formula is C37H39N3O6. The topological polar surface area (TPSA) is 99.6 Å². The van der Waals surface area contributed by atoms with Crippen molar-refractivity contribution in [3.63, 3.8) is 0 Å². The number of fused-ring (bicyclic) bond motifs is 3. The highest BCUT2D eigenvalue weighted by molar-refractivity contribution is 6.08. The second-order valence-corrected chi connectivity index (χ2v) is 12.6. The fraction of sp³-hybridized carbons (Fsp3) is 0.378. The highest BCUT2D eigenvalue weighted by Gasteiger charge is 2.75. The first kappa shape index (κ1) is 30.2. The Bertz CT molecular complexity index is 1750. The summed E-state index contributed by atoms with van der Waals surface area (Å²) in [5, 5.41) is 12.5. The van der Waals surface area contributed by atoms with Gasteiger partial charge in [0.25, 0.3) is 5.91 Å². The SMILES string of the molecule is CCOc1ccc(N2CC=C[C@]3(C)O[C@]45C=CCN(c6ccc7ccccc7c6)C(=O)C4N([C@@H](CC)CO)C(=O)[C@@H]5[C@@H]3C2=O)cc1. The molecule has 1 N–H and O–H groups in total. The quantitative estimate of drug-likeness (QED) is 0.391. The van der Waals surface area contributed by atoms with E-state index in [2.05, 4.69) is 0 Å². The van der Waals surface area contributed by atoms with Gasteiger partial charge in [-0.1, -0.05) is 61.6 Å². The predicted molar refractivity (Wildman–Crippen MR) is 176 cm³/mol. The van der Waals surface area contributed by atoms with Gasteiger partial charge in [-0.15, -0.1) is 0 Å². The summed E-state index contributed by atoms with van der Waals surface area (Å²) in [7, 11) is 0. The molecule has 3 aromatic carbocycles. The number of carbonyl (C=O) groups is 3. The summed E-state index contributed by atoms with van der Waals surface area (Å²) < 4.78 is 12.6. The molecule has 1 spiro atoms. The van der Waals surface area contributed by atoms with Gasteiger partial charge in [0.15, 0.2) is 0 Å². The lowest BCUT2D eigenvalue weighted by Gasteiger charge is -2.40. The number of rotatable bonds is 7. The number of aliphatic hydroxyl groups excluding tert-OH is 1. The summed E-state index contributed by atoms with van der Waals surface area (Å²) >= 11 is 0. The molecule has 2 saturated heterocycles. The Hall–Kier alpha value is -4.47. The van der Waals surface area contributed by atoms with Crippen LogP contribution in [0.5, 0.6) is 5.75 Å². The average Bonchev–Trinajstić information content (AvgIpc) is 3.33. The maximum atomic E-state index is 14.8. The highest BCUT2D eigenvalue weighted by Crippen LogP contribution is 2.58. The summed E-state index contributed by atoms with van der Waals surface area (Å²) in [6.07, 6.45) is 7.92. The molecule has 3 amide bonds. The van der Waals surface area contributed by atoms with E-state index in [0.717, 1.165) is 10.8 Å². The molecule has 7 rings (SSSR count). The van der Waals surface area contributed by atoms with Gasteiger partial charge < -0.3 is 29.3 Å². The van der Waals surface area contributed by atoms with Gasteiger partial charge >= 0.3 is 0 Å². The van der Waals surface area contributed by atoms with Gasteiger partial charge in [0.2, 0.25) is 11.8 Å². The summed E-state index contributed by atoms with van der Waals surface area (Å²) in [5.74, 6) is -2.08. The maximum Gasteiger partial charge on any atom is 0.253 e. The molecule has 4 heterocycles. The van der Waals surface area contributed by atoms with Crippen molar-refractivity contribution in [2.24, 2.45) is 11.8 Å². The van der Waals surface area contributed by atoms with Crippen LogP contribution in [0.25, 0.3) is 10.8 Å². The number of anilines is 2. The van der Waals surface area contributed by atoms with Gasteiger partial charge in [-0.3, -0.25) is 14.4 Å². The van der Waals surface area contributed by atoms with E-state index in [9.17, 15) is 19.5 Å². The van der Waals surface area contributed by atoms with Crippen LogP contribution in [-0.4, -0.2) is 77.3 Å². The Labute approximate surface area is 268 Å². The molecule has 238 valence electrons. The Morgan fingerprint density at radius 1 is 0.848 bits per heavy atom. The number of hydrogen-bond acceptors (Lipinski definition) is 6. The molecule has 4 aliphatic heterocycles. The van der Waals surface area contributed by atoms with Crippen LogP contribution in [0.3, 0.4) is 0 Å². The first-order valence-electron chi connectivity index (χ1n) is 16.1. The molecule has 9 heteroatoms. The van der Waals surface area contributed by atoms with E-state index >= 15 is 0 Å². The lowest BCUT2D eigenvalue weighted by Crippen LogP contribution is -2.58. The van der Waals surface area contributed by atoms with Crippen LogP contribution in [0.2, 0.25) is 0 Å². The minimum Gasteiger partial charge on any atom is -0.494 e. The van der Waals surface area contributed by atoms with Gasteiger partial charge in [0.05, 0.1) is 36.7 Å². The smallest absolute Gasteiger partial charge is 0.253 e. The number of amides is 3. The van der Waals surface area contributed by atoms with Gasteiger partial charge in [-0.05, 0) is 67.4 Å². The zero-order chi connectivity index (χ0) is 32.2. The van der Waals surface area contributed by atoms with Crippen molar-refractivity contribution < 1.29 is 29.0 Å². The van der Waals surface area contributed by atoms with E-state index in [1.807, 2.05) is 112 Å². The molecule has 0 bridgehead atoms. The van der Waals surface area contributed by atoms with Gasteiger partial charge in [0.1, 0.15) is 17.4 Å². The van der Waals surface area contributed by atoms with E-state index in [1.165, 1.54) is 4.90 Å². The maximum absolute atomic E-state index is 14.8. The summed E-state index contributed by atoms with van der Waals surface area (Å²) in [6, 6.07) is 19.5. The first-order valence-corrected chi connectivity index (χ1v) is 16.1. The number of ether oxygens (including phenoxy) is 2. The van der Waals surface area contributed by atoms with Gasteiger partial charge in [0, 0.05) is 24.5 Å². The third kappa shape index (κ3) is 4.47. The highest BCUT2D eigenvalue weighted by atomic mass is 16.5. The Morgan fingerprint density at radius 3 is 2.22 bits per heavy atom. The number of aliphatic hydroxyl groups is 1. The van der Waals surface area contributed by atoms with E-state index in [0.29, 0.717) is 36.7 Å². The second-order valence-electron chi connectivity index (χ2n) is 12.6. The van der Waals surface area contributed by atoms with E-state index in [4.69, 9.17) is 9.47 Å². The van der Waals surface area contributed by atoms with Crippen LogP contribution >= 0.6 is 0 Å². The molecule has 2 fully saturated rings. The minimum atomic E-state index is -1.41. The summed E-state index contributed by atoms with van der Waals surface area (Å²) in [5.41, 5.74) is -1.18. The van der Waals surface area contributed by atoms with Crippen molar-refractivity contribution in [1.82, 2.24) is 4.90 Å². The molecular weight excluding hydrogens is 582 g/mol. The Balaban J connectivity index is 1.32. The van der Waals surface area contributed by atoms with Crippen LogP contribution in [0.15, 0.2) is 91.0 Å². The Kier molecular flexibility index (Phi) is 7.48. The van der Waals surface area contributed by atoms with Crippen molar-refractivity contribution in [3.8, 4) is 5.75 Å². The summed E-state index contributed by atoms with van der Waals surface area (Å²) in [6.45, 7) is 6.42. The first-order chi connectivity index (χ1) is 22.3. The third-order valence-corrected chi connectivity index (χ3v) is 10.1. The second kappa shape index (κ2) is 11.4. The van der Waals surface area contributed by atoms with E-state index in [1.54, 1.807) is 9.80 Å². The van der Waals surface area contributed by atoms with Crippen molar-refractivity contribution in [2.45, 2.75) is 50.5 Å². The van der Waals surface area contributed by atoms with Crippen molar-refractivity contribution in [1.29, 1.82) is 0 Å². The van der Waals surface area contributed by atoms with Crippen LogP contribution < -0.4 is 14.5 Å². The zero-order valence-corrected chi connectivity index (χ0v) is 26.3. The molecule has 0 radical (unpaired) electrons. The fourth-order valence-electron chi connectivity index (χ4n) is 7.97. The van der Waals surface area contributed by atoms with Gasteiger partial charge in [-0.25, -0.2) is 0 Å². The predicted octanol–water partition coefficient (Wildman–Crippen LogP) is 4.49. The number of hydrogen-bond donors (Lipinski definition) is 1. The largest absolute Gasteiger partial charge is 0.494 e. The molecule has 0 saturated carbocycles. The summed E-state index contributed by atoms with van der Waals surface area (Å²) in [4.78, 5) is 49.0. The molecule has 0 aromatic heterocycles. The minimum absolute atomic E-state index is 0.249. The number of likely N-dealkylation sites (tertiary alicyclic amines) is 1. The average molecular weight is 622 g/mol. The fourth-order valence-corrected chi connectivity index (χ4v) is 7.97. The van der Waals surface area contributed by atoms with Crippen LogP contribution in [0.1, 0.15) is 27.2 Å². The van der Waals surface area contributed by atoms with E-state index in [-0.39, 0.29) is 30.9 Å². The molecule has 0 aliphatic carbocycles. The zero-order valence-electron chi connectivity index (χ0n) is 26.3. The van der Waals surface area contributed by atoms with Gasteiger partial charge in [-0.2, -0.15) is 0 Å². The molecule has 9 nitrogen and oxygen atoms in total. The number of benzene rings is 3. The van der Waals surface area contributed by atoms with E-state index < -0.39 is 35.1 Å². The lowest BCUT2D eigenvalue weighted by molar-refractivity contribution is -0.148. The molecule has 46 heavy (non-hydrogen) atoms. The molecule has 1 unspecified atom stereocenters. The monoisotopic (exact) mass is 621 g/mol. The van der Waals surface area contributed by atoms with Crippen molar-refractivity contribution >= 4 is 39.9 Å². The lowest BCUT2D eigenvalue weighted by atomic mass is 9.74.